The number of aliphatic carboxylic acids is 1. The van der Waals surface area contributed by atoms with E-state index < -0.39 is 12.1 Å². The first kappa shape index (κ1) is 26.1. The normalized spacial score (nSPS) is 23.2. The van der Waals surface area contributed by atoms with Crippen LogP contribution in [0.1, 0.15) is 32.3 Å². The third kappa shape index (κ3) is 8.40. The molecule has 32 heavy (non-hydrogen) atoms. The van der Waals surface area contributed by atoms with Crippen LogP contribution in [0.4, 0.5) is 13.2 Å². The van der Waals surface area contributed by atoms with Gasteiger partial charge in [0.15, 0.2) is 0 Å². The fourth-order valence-corrected chi connectivity index (χ4v) is 3.85. The Hall–Kier alpha value is -2.17. The lowest BCUT2D eigenvalue weighted by Crippen LogP contribution is -2.54. The number of likely N-dealkylation sites (tertiary alicyclic amines) is 1. The SMILES string of the molecule is CC(C)NC(=O)[C@H]1C[C@H]2OCC[C@H]2N(CCOCc2ccccc2)C1.O=C(O)C(F)(F)F. The molecule has 2 heterocycles. The van der Waals surface area contributed by atoms with Crippen molar-refractivity contribution in [3.8, 4) is 0 Å². The molecule has 1 aromatic carbocycles. The number of ether oxygens (including phenoxy) is 2. The molecule has 0 aliphatic carbocycles. The van der Waals surface area contributed by atoms with E-state index in [1.165, 1.54) is 5.56 Å². The number of carboxylic acids is 1. The van der Waals surface area contributed by atoms with Crippen molar-refractivity contribution in [2.45, 2.75) is 57.7 Å². The van der Waals surface area contributed by atoms with Crippen molar-refractivity contribution >= 4 is 11.9 Å². The van der Waals surface area contributed by atoms with E-state index in [1.54, 1.807) is 0 Å². The number of carbonyl (C=O) groups is 2. The van der Waals surface area contributed by atoms with Crippen LogP contribution < -0.4 is 5.32 Å². The van der Waals surface area contributed by atoms with E-state index in [2.05, 4.69) is 22.3 Å². The number of nitrogens with zero attached hydrogens (tertiary/aromatic N) is 1. The van der Waals surface area contributed by atoms with E-state index in [1.807, 2.05) is 32.0 Å². The Kier molecular flexibility index (Phi) is 9.92. The van der Waals surface area contributed by atoms with Gasteiger partial charge in [-0.1, -0.05) is 30.3 Å². The fraction of sp³-hybridized carbons (Fsp3) is 0.636. The number of piperidine rings is 1. The quantitative estimate of drug-likeness (QED) is 0.609. The van der Waals surface area contributed by atoms with Gasteiger partial charge in [-0.3, -0.25) is 9.69 Å². The highest BCUT2D eigenvalue weighted by molar-refractivity contribution is 5.79. The minimum absolute atomic E-state index is 0.0101. The lowest BCUT2D eigenvalue weighted by molar-refractivity contribution is -0.192. The number of benzene rings is 1. The number of alkyl halides is 3. The van der Waals surface area contributed by atoms with Gasteiger partial charge in [-0.15, -0.1) is 0 Å². The molecule has 2 aliphatic rings. The average molecular weight is 460 g/mol. The van der Waals surface area contributed by atoms with Crippen molar-refractivity contribution in [3.05, 3.63) is 35.9 Å². The molecule has 0 saturated carbocycles. The lowest BCUT2D eigenvalue weighted by Gasteiger charge is -2.40. The third-order valence-electron chi connectivity index (χ3n) is 5.29. The van der Waals surface area contributed by atoms with E-state index in [0.29, 0.717) is 19.3 Å². The van der Waals surface area contributed by atoms with E-state index in [-0.39, 0.29) is 24.0 Å². The predicted molar refractivity (Wildman–Crippen MR) is 111 cm³/mol. The Morgan fingerprint density at radius 1 is 1.28 bits per heavy atom. The van der Waals surface area contributed by atoms with Crippen LogP contribution in [-0.4, -0.2) is 72.6 Å². The van der Waals surface area contributed by atoms with Gasteiger partial charge in [0.2, 0.25) is 5.91 Å². The molecule has 0 bridgehead atoms. The predicted octanol–water partition coefficient (Wildman–Crippen LogP) is 2.84. The van der Waals surface area contributed by atoms with Gasteiger partial charge in [-0.25, -0.2) is 4.79 Å². The molecule has 0 spiro atoms. The first-order valence-electron chi connectivity index (χ1n) is 10.7. The summed E-state index contributed by atoms with van der Waals surface area (Å²) in [5.41, 5.74) is 1.19. The summed E-state index contributed by atoms with van der Waals surface area (Å²) in [5, 5.41) is 10.2. The number of carboxylic acid groups (broad SMARTS) is 1. The Labute approximate surface area is 185 Å². The minimum Gasteiger partial charge on any atom is -0.475 e. The molecule has 1 aromatic rings. The van der Waals surface area contributed by atoms with Gasteiger partial charge in [0, 0.05) is 31.8 Å². The summed E-state index contributed by atoms with van der Waals surface area (Å²) in [6.45, 7) is 7.78. The molecule has 0 unspecified atom stereocenters. The number of halogens is 3. The third-order valence-corrected chi connectivity index (χ3v) is 5.29. The van der Waals surface area contributed by atoms with Crippen molar-refractivity contribution in [3.63, 3.8) is 0 Å². The average Bonchev–Trinajstić information content (AvgIpc) is 3.20. The van der Waals surface area contributed by atoms with Crippen molar-refractivity contribution in [1.82, 2.24) is 10.2 Å². The van der Waals surface area contributed by atoms with Gasteiger partial charge < -0.3 is 19.9 Å². The molecule has 1 amide bonds. The molecule has 180 valence electrons. The molecule has 3 rings (SSSR count). The lowest BCUT2D eigenvalue weighted by atomic mass is 9.89. The van der Waals surface area contributed by atoms with E-state index in [9.17, 15) is 18.0 Å². The molecule has 2 saturated heterocycles. The number of fused-ring (bicyclic) bond motifs is 1. The maximum Gasteiger partial charge on any atom is 0.490 e. The first-order chi connectivity index (χ1) is 15.1. The summed E-state index contributed by atoms with van der Waals surface area (Å²) in [7, 11) is 0. The van der Waals surface area contributed by atoms with Crippen molar-refractivity contribution < 1.29 is 37.3 Å². The Balaban J connectivity index is 0.000000451. The van der Waals surface area contributed by atoms with E-state index in [0.717, 1.165) is 32.5 Å². The molecule has 3 atom stereocenters. The molecule has 0 aromatic heterocycles. The highest BCUT2D eigenvalue weighted by Crippen LogP contribution is 2.31. The molecule has 2 fully saturated rings. The van der Waals surface area contributed by atoms with Gasteiger partial charge in [0.05, 0.1) is 25.2 Å². The summed E-state index contributed by atoms with van der Waals surface area (Å²) in [5.74, 6) is -2.59. The smallest absolute Gasteiger partial charge is 0.475 e. The summed E-state index contributed by atoms with van der Waals surface area (Å²) >= 11 is 0. The second-order valence-electron chi connectivity index (χ2n) is 8.20. The molecule has 2 N–H and O–H groups in total. The number of amides is 1. The number of rotatable bonds is 7. The highest BCUT2D eigenvalue weighted by Gasteiger charge is 2.42. The molecule has 2 aliphatic heterocycles. The van der Waals surface area contributed by atoms with Gasteiger partial charge >= 0.3 is 12.1 Å². The standard InChI is InChI=1S/C20H30N2O3.C2HF3O2/c1-15(2)21-20(23)17-12-19-18(8-10-25-19)22(13-17)9-11-24-14-16-6-4-3-5-7-16;3-2(4,5)1(6)7/h3-7,15,17-19H,8-14H2,1-2H3,(H,21,23);(H,6,7)/t17-,18+,19+;/m0./s1. The largest absolute Gasteiger partial charge is 0.490 e. The van der Waals surface area contributed by atoms with E-state index in [4.69, 9.17) is 19.4 Å². The zero-order valence-corrected chi connectivity index (χ0v) is 18.3. The van der Waals surface area contributed by atoms with Crippen LogP contribution in [0.3, 0.4) is 0 Å². The van der Waals surface area contributed by atoms with Gasteiger partial charge in [0.25, 0.3) is 0 Å². The second-order valence-corrected chi connectivity index (χ2v) is 8.20. The van der Waals surface area contributed by atoms with Gasteiger partial charge in [-0.05, 0) is 32.3 Å². The number of hydrogen-bond acceptors (Lipinski definition) is 5. The topological polar surface area (TPSA) is 88.1 Å². The van der Waals surface area contributed by atoms with Crippen LogP contribution in [0.5, 0.6) is 0 Å². The maximum absolute atomic E-state index is 12.4. The first-order valence-corrected chi connectivity index (χ1v) is 10.7. The van der Waals surface area contributed by atoms with Gasteiger partial charge in [0.1, 0.15) is 0 Å². The van der Waals surface area contributed by atoms with Crippen LogP contribution in [0, 0.1) is 5.92 Å². The fourth-order valence-electron chi connectivity index (χ4n) is 3.85. The zero-order valence-electron chi connectivity index (χ0n) is 18.3. The zero-order chi connectivity index (χ0) is 23.7. The summed E-state index contributed by atoms with van der Waals surface area (Å²) in [6, 6.07) is 10.8. The minimum atomic E-state index is -5.08. The van der Waals surface area contributed by atoms with Crippen LogP contribution >= 0.6 is 0 Å². The summed E-state index contributed by atoms with van der Waals surface area (Å²) in [6.07, 6.45) is -3.00. The van der Waals surface area contributed by atoms with Crippen LogP contribution in [0.25, 0.3) is 0 Å². The summed E-state index contributed by atoms with van der Waals surface area (Å²) < 4.78 is 43.5. The molecular formula is C22H31F3N2O5. The molecular weight excluding hydrogens is 429 g/mol. The van der Waals surface area contributed by atoms with Crippen molar-refractivity contribution in [2.24, 2.45) is 5.92 Å². The summed E-state index contributed by atoms with van der Waals surface area (Å²) in [4.78, 5) is 23.7. The number of hydrogen-bond donors (Lipinski definition) is 2. The van der Waals surface area contributed by atoms with Crippen LogP contribution in [-0.2, 0) is 25.7 Å². The molecule has 7 nitrogen and oxygen atoms in total. The number of carbonyl (C=O) groups excluding carboxylic acids is 1. The second kappa shape index (κ2) is 12.2. The monoisotopic (exact) mass is 460 g/mol. The van der Waals surface area contributed by atoms with Gasteiger partial charge in [-0.2, -0.15) is 13.2 Å². The Morgan fingerprint density at radius 3 is 2.53 bits per heavy atom. The molecule has 10 heteroatoms. The van der Waals surface area contributed by atoms with Crippen LogP contribution in [0.15, 0.2) is 30.3 Å². The van der Waals surface area contributed by atoms with Crippen LogP contribution in [0.2, 0.25) is 0 Å². The number of nitrogens with one attached hydrogen (secondary N) is 1. The van der Waals surface area contributed by atoms with E-state index >= 15 is 0 Å². The Bertz CT molecular complexity index is 730. The Morgan fingerprint density at radius 2 is 1.94 bits per heavy atom. The van der Waals surface area contributed by atoms with Crippen molar-refractivity contribution in [1.29, 1.82) is 0 Å². The maximum atomic E-state index is 12.4. The van der Waals surface area contributed by atoms with Crippen molar-refractivity contribution in [2.75, 3.05) is 26.3 Å². The highest BCUT2D eigenvalue weighted by atomic mass is 19.4. The molecule has 0 radical (unpaired) electrons.